The van der Waals surface area contributed by atoms with Crippen LogP contribution in [0.5, 0.6) is 0 Å². The molecule has 0 amide bonds. The van der Waals surface area contributed by atoms with Gasteiger partial charge in [-0.15, -0.1) is 12.3 Å². The predicted molar refractivity (Wildman–Crippen MR) is 48.7 cm³/mol. The van der Waals surface area contributed by atoms with Crippen LogP contribution in [0.15, 0.2) is 0 Å². The van der Waals surface area contributed by atoms with E-state index in [0.717, 1.165) is 32.2 Å². The van der Waals surface area contributed by atoms with Gasteiger partial charge in [0.25, 0.3) is 0 Å². The summed E-state index contributed by atoms with van der Waals surface area (Å²) in [5.41, 5.74) is 0. The molecule has 0 bridgehead atoms. The number of rotatable bonds is 3. The van der Waals surface area contributed by atoms with Crippen LogP contribution in [-0.2, 0) is 4.79 Å². The molecule has 0 spiro atoms. The third-order valence-electron chi connectivity index (χ3n) is 2.36. The Morgan fingerprint density at radius 3 is 3.08 bits per heavy atom. The van der Waals surface area contributed by atoms with E-state index in [-0.39, 0.29) is 6.04 Å². The van der Waals surface area contributed by atoms with Crippen molar-refractivity contribution in [2.75, 3.05) is 13.1 Å². The van der Waals surface area contributed by atoms with Gasteiger partial charge in [-0.25, -0.2) is 0 Å². The van der Waals surface area contributed by atoms with Gasteiger partial charge < -0.3 is 4.79 Å². The Morgan fingerprint density at radius 2 is 2.42 bits per heavy atom. The van der Waals surface area contributed by atoms with Crippen LogP contribution in [0.25, 0.3) is 0 Å². The lowest BCUT2D eigenvalue weighted by Gasteiger charge is -2.31. The van der Waals surface area contributed by atoms with Gasteiger partial charge >= 0.3 is 0 Å². The molecule has 1 aliphatic heterocycles. The maximum absolute atomic E-state index is 10.6. The molecule has 1 saturated heterocycles. The highest BCUT2D eigenvalue weighted by Gasteiger charge is 2.20. The second kappa shape index (κ2) is 4.95. The summed E-state index contributed by atoms with van der Waals surface area (Å²) >= 11 is 0. The second-order valence-corrected chi connectivity index (χ2v) is 3.19. The van der Waals surface area contributed by atoms with Gasteiger partial charge in [0.05, 0.1) is 6.04 Å². The summed E-state index contributed by atoms with van der Waals surface area (Å²) < 4.78 is 0. The molecule has 0 aromatic rings. The summed E-state index contributed by atoms with van der Waals surface area (Å²) in [4.78, 5) is 12.8. The van der Waals surface area contributed by atoms with Crippen molar-refractivity contribution in [2.24, 2.45) is 0 Å². The zero-order chi connectivity index (χ0) is 8.81. The maximum atomic E-state index is 10.6. The van der Waals surface area contributed by atoms with Gasteiger partial charge in [-0.05, 0) is 19.4 Å². The van der Waals surface area contributed by atoms with E-state index in [1.54, 1.807) is 0 Å². The van der Waals surface area contributed by atoms with E-state index >= 15 is 0 Å². The lowest BCUT2D eigenvalue weighted by molar-refractivity contribution is -0.113. The molecule has 0 aromatic heterocycles. The summed E-state index contributed by atoms with van der Waals surface area (Å²) in [5, 5.41) is 0. The standard InChI is InChI=1S/C10H15NO/c1-2-3-7-11-8-5-4-6-10(11)9-12/h1,9-10H,3-8H2. The van der Waals surface area contributed by atoms with Gasteiger partial charge in [0, 0.05) is 13.0 Å². The van der Waals surface area contributed by atoms with Gasteiger partial charge in [0.1, 0.15) is 6.29 Å². The molecule has 1 atom stereocenters. The first-order valence-electron chi connectivity index (χ1n) is 4.51. The molecular formula is C10H15NO. The molecule has 1 aliphatic rings. The Labute approximate surface area is 73.9 Å². The molecule has 0 radical (unpaired) electrons. The molecule has 0 N–H and O–H groups in total. The molecule has 12 heavy (non-hydrogen) atoms. The first-order valence-corrected chi connectivity index (χ1v) is 4.51. The fourth-order valence-corrected chi connectivity index (χ4v) is 1.66. The van der Waals surface area contributed by atoms with E-state index in [1.807, 2.05) is 0 Å². The Balaban J connectivity index is 2.37. The Hall–Kier alpha value is -0.810. The molecule has 1 fully saturated rings. The largest absolute Gasteiger partial charge is 0.302 e. The van der Waals surface area contributed by atoms with Gasteiger partial charge in [-0.2, -0.15) is 0 Å². The third-order valence-corrected chi connectivity index (χ3v) is 2.36. The third kappa shape index (κ3) is 2.35. The van der Waals surface area contributed by atoms with Crippen molar-refractivity contribution in [3.63, 3.8) is 0 Å². The number of hydrogen-bond donors (Lipinski definition) is 0. The SMILES string of the molecule is C#CCCN1CCCCC1C=O. The van der Waals surface area contributed by atoms with Crippen molar-refractivity contribution in [3.05, 3.63) is 0 Å². The second-order valence-electron chi connectivity index (χ2n) is 3.19. The molecule has 0 aromatic carbocycles. The predicted octanol–water partition coefficient (Wildman–Crippen LogP) is 1.06. The molecule has 1 rings (SSSR count). The van der Waals surface area contributed by atoms with Gasteiger partial charge in [-0.3, -0.25) is 4.90 Å². The normalized spacial score (nSPS) is 24.8. The van der Waals surface area contributed by atoms with Gasteiger partial charge in [-0.1, -0.05) is 6.42 Å². The van der Waals surface area contributed by atoms with Crippen LogP contribution in [0.4, 0.5) is 0 Å². The average molecular weight is 165 g/mol. The molecule has 2 nitrogen and oxygen atoms in total. The fraction of sp³-hybridized carbons (Fsp3) is 0.700. The van der Waals surface area contributed by atoms with E-state index < -0.39 is 0 Å². The lowest BCUT2D eigenvalue weighted by Crippen LogP contribution is -2.40. The summed E-state index contributed by atoms with van der Waals surface area (Å²) in [7, 11) is 0. The fourth-order valence-electron chi connectivity index (χ4n) is 1.66. The smallest absolute Gasteiger partial charge is 0.137 e. The minimum Gasteiger partial charge on any atom is -0.302 e. The van der Waals surface area contributed by atoms with Crippen molar-refractivity contribution >= 4 is 6.29 Å². The van der Waals surface area contributed by atoms with Crippen LogP contribution in [-0.4, -0.2) is 30.3 Å². The number of carbonyl (C=O) groups excluding carboxylic acids is 1. The number of hydrogen-bond acceptors (Lipinski definition) is 2. The van der Waals surface area contributed by atoms with Crippen molar-refractivity contribution in [1.29, 1.82) is 0 Å². The minimum absolute atomic E-state index is 0.132. The average Bonchev–Trinajstić information content (AvgIpc) is 2.15. The van der Waals surface area contributed by atoms with Crippen LogP contribution in [0.2, 0.25) is 0 Å². The highest BCUT2D eigenvalue weighted by molar-refractivity contribution is 5.57. The summed E-state index contributed by atoms with van der Waals surface area (Å²) in [6.45, 7) is 1.91. The van der Waals surface area contributed by atoms with Gasteiger partial charge in [0.2, 0.25) is 0 Å². The Kier molecular flexibility index (Phi) is 3.83. The molecule has 1 heterocycles. The van der Waals surface area contributed by atoms with E-state index in [1.165, 1.54) is 12.8 Å². The molecule has 0 saturated carbocycles. The Bertz CT molecular complexity index is 183. The first kappa shape index (κ1) is 9.28. The first-order chi connectivity index (χ1) is 5.88. The summed E-state index contributed by atoms with van der Waals surface area (Å²) in [6.07, 6.45) is 10.4. The van der Waals surface area contributed by atoms with Crippen molar-refractivity contribution in [3.8, 4) is 12.3 Å². The van der Waals surface area contributed by atoms with Crippen LogP contribution < -0.4 is 0 Å². The van der Waals surface area contributed by atoms with E-state index in [0.29, 0.717) is 0 Å². The number of piperidine rings is 1. The van der Waals surface area contributed by atoms with Crippen molar-refractivity contribution in [1.82, 2.24) is 4.90 Å². The van der Waals surface area contributed by atoms with E-state index in [4.69, 9.17) is 6.42 Å². The zero-order valence-electron chi connectivity index (χ0n) is 7.33. The number of terminal acetylenes is 1. The summed E-state index contributed by atoms with van der Waals surface area (Å²) in [6, 6.07) is 0.132. The molecule has 2 heteroatoms. The van der Waals surface area contributed by atoms with Crippen molar-refractivity contribution in [2.45, 2.75) is 31.7 Å². The summed E-state index contributed by atoms with van der Waals surface area (Å²) in [5.74, 6) is 2.60. The van der Waals surface area contributed by atoms with Crippen LogP contribution in [0.3, 0.4) is 0 Å². The quantitative estimate of drug-likeness (QED) is 0.460. The maximum Gasteiger partial charge on any atom is 0.137 e. The van der Waals surface area contributed by atoms with Crippen LogP contribution >= 0.6 is 0 Å². The number of carbonyl (C=O) groups is 1. The monoisotopic (exact) mass is 165 g/mol. The molecule has 66 valence electrons. The van der Waals surface area contributed by atoms with E-state index in [9.17, 15) is 4.79 Å². The minimum atomic E-state index is 0.132. The number of likely N-dealkylation sites (tertiary alicyclic amines) is 1. The number of aldehydes is 1. The number of nitrogens with zero attached hydrogens (tertiary/aromatic N) is 1. The lowest BCUT2D eigenvalue weighted by atomic mass is 10.0. The van der Waals surface area contributed by atoms with Crippen LogP contribution in [0.1, 0.15) is 25.7 Å². The van der Waals surface area contributed by atoms with Gasteiger partial charge in [0.15, 0.2) is 0 Å². The highest BCUT2D eigenvalue weighted by Crippen LogP contribution is 2.14. The topological polar surface area (TPSA) is 20.3 Å². The van der Waals surface area contributed by atoms with Crippen molar-refractivity contribution < 1.29 is 4.79 Å². The molecule has 1 unspecified atom stereocenters. The molecule has 0 aliphatic carbocycles. The molecular weight excluding hydrogens is 150 g/mol. The zero-order valence-corrected chi connectivity index (χ0v) is 7.33. The Morgan fingerprint density at radius 1 is 1.58 bits per heavy atom. The highest BCUT2D eigenvalue weighted by atomic mass is 16.1. The van der Waals surface area contributed by atoms with E-state index in [2.05, 4.69) is 10.8 Å². The van der Waals surface area contributed by atoms with Crippen LogP contribution in [0, 0.1) is 12.3 Å².